The van der Waals surface area contributed by atoms with Gasteiger partial charge in [0.2, 0.25) is 0 Å². The third-order valence-corrected chi connectivity index (χ3v) is 5.47. The minimum atomic E-state index is -0.397. The fourth-order valence-corrected chi connectivity index (χ4v) is 3.81. The van der Waals surface area contributed by atoms with E-state index in [1.807, 2.05) is 44.2 Å². The number of nitrogens with one attached hydrogen (secondary N) is 1. The third kappa shape index (κ3) is 5.23. The highest BCUT2D eigenvalue weighted by molar-refractivity contribution is 9.10. The molecule has 0 radical (unpaired) electrons. The summed E-state index contributed by atoms with van der Waals surface area (Å²) in [4.78, 5) is 25.7. The van der Waals surface area contributed by atoms with Crippen molar-refractivity contribution in [1.82, 2.24) is 10.2 Å². The molecule has 1 saturated heterocycles. The Morgan fingerprint density at radius 1 is 1.07 bits per heavy atom. The lowest BCUT2D eigenvalue weighted by Crippen LogP contribution is -2.31. The third-order valence-electron chi connectivity index (χ3n) is 4.35. The van der Waals surface area contributed by atoms with Gasteiger partial charge in [-0.3, -0.25) is 9.69 Å². The van der Waals surface area contributed by atoms with Crippen LogP contribution in [0.4, 0.5) is 4.79 Å². The molecule has 1 fully saturated rings. The van der Waals surface area contributed by atoms with E-state index in [-0.39, 0.29) is 11.6 Å². The highest BCUT2D eigenvalue weighted by atomic mass is 79.9. The maximum Gasteiger partial charge on any atom is 0.329 e. The van der Waals surface area contributed by atoms with Gasteiger partial charge >= 0.3 is 6.03 Å². The average Bonchev–Trinajstić information content (AvgIpc) is 2.97. The highest BCUT2D eigenvalue weighted by Gasteiger charge is 2.32. The predicted molar refractivity (Wildman–Crippen MR) is 122 cm³/mol. The lowest BCUT2D eigenvalue weighted by Gasteiger charge is -2.15. The quantitative estimate of drug-likeness (QED) is 0.357. The van der Waals surface area contributed by atoms with Gasteiger partial charge in [0.25, 0.3) is 5.91 Å². The Morgan fingerprint density at radius 3 is 2.47 bits per heavy atom. The molecule has 1 heterocycles. The van der Waals surface area contributed by atoms with E-state index in [4.69, 9.17) is 9.47 Å². The van der Waals surface area contributed by atoms with Crippen molar-refractivity contribution in [3.05, 3.63) is 62.2 Å². The van der Waals surface area contributed by atoms with E-state index in [1.54, 1.807) is 12.1 Å². The van der Waals surface area contributed by atoms with Gasteiger partial charge < -0.3 is 14.8 Å². The van der Waals surface area contributed by atoms with E-state index in [2.05, 4.69) is 37.2 Å². The first kappa shape index (κ1) is 22.4. The fraction of sp³-hybridized carbons (Fsp3) is 0.273. The van der Waals surface area contributed by atoms with Gasteiger partial charge in [0.15, 0.2) is 11.5 Å². The van der Waals surface area contributed by atoms with Crippen LogP contribution in [-0.2, 0) is 11.4 Å². The van der Waals surface area contributed by atoms with Gasteiger partial charge in [-0.05, 0) is 70.7 Å². The van der Waals surface area contributed by atoms with Gasteiger partial charge in [-0.25, -0.2) is 4.79 Å². The number of ether oxygens (including phenoxy) is 2. The molecule has 0 unspecified atom stereocenters. The number of carbonyl (C=O) groups excluding carboxylic acids is 2. The molecule has 3 rings (SSSR count). The van der Waals surface area contributed by atoms with Crippen LogP contribution < -0.4 is 14.8 Å². The number of carbonyl (C=O) groups is 2. The van der Waals surface area contributed by atoms with Crippen molar-refractivity contribution in [3.8, 4) is 11.5 Å². The molecular formula is C22H22Br2N2O4. The summed E-state index contributed by atoms with van der Waals surface area (Å²) in [5.41, 5.74) is 1.98. The predicted octanol–water partition coefficient (Wildman–Crippen LogP) is 5.49. The lowest BCUT2D eigenvalue weighted by molar-refractivity contribution is -0.122. The SMILES string of the molecule is CCCN1C(=O)N/C(=C/c2cc(Br)c(OCc3ccc(Br)cc3)c(OCC)c2)C1=O. The van der Waals surface area contributed by atoms with Crippen LogP contribution in [0.5, 0.6) is 11.5 Å². The normalized spacial score (nSPS) is 14.9. The van der Waals surface area contributed by atoms with E-state index < -0.39 is 6.03 Å². The molecule has 6 nitrogen and oxygen atoms in total. The first-order valence-corrected chi connectivity index (χ1v) is 11.2. The summed E-state index contributed by atoms with van der Waals surface area (Å²) in [6, 6.07) is 11.1. The Balaban J connectivity index is 1.85. The fourth-order valence-electron chi connectivity index (χ4n) is 2.98. The van der Waals surface area contributed by atoms with Crippen molar-refractivity contribution in [1.29, 1.82) is 0 Å². The zero-order valence-corrected chi connectivity index (χ0v) is 19.9. The molecule has 1 aliphatic heterocycles. The van der Waals surface area contributed by atoms with Crippen LogP contribution in [0.1, 0.15) is 31.4 Å². The van der Waals surface area contributed by atoms with E-state index >= 15 is 0 Å². The van der Waals surface area contributed by atoms with E-state index in [1.165, 1.54) is 4.90 Å². The molecule has 0 bridgehead atoms. The number of imide groups is 1. The van der Waals surface area contributed by atoms with Crippen LogP contribution in [0.15, 0.2) is 51.0 Å². The molecule has 30 heavy (non-hydrogen) atoms. The van der Waals surface area contributed by atoms with E-state index in [9.17, 15) is 9.59 Å². The Hall–Kier alpha value is -2.32. The monoisotopic (exact) mass is 536 g/mol. The molecule has 3 amide bonds. The number of amides is 3. The van der Waals surface area contributed by atoms with E-state index in [0.717, 1.165) is 10.0 Å². The van der Waals surface area contributed by atoms with Crippen molar-refractivity contribution in [2.24, 2.45) is 0 Å². The molecule has 0 aliphatic carbocycles. The summed E-state index contributed by atoms with van der Waals surface area (Å²) < 4.78 is 13.5. The van der Waals surface area contributed by atoms with Crippen LogP contribution in [-0.4, -0.2) is 30.0 Å². The van der Waals surface area contributed by atoms with Gasteiger partial charge in [0.05, 0.1) is 11.1 Å². The number of urea groups is 1. The summed E-state index contributed by atoms with van der Waals surface area (Å²) in [6.45, 7) is 5.04. The first-order chi connectivity index (χ1) is 14.4. The lowest BCUT2D eigenvalue weighted by atomic mass is 10.1. The van der Waals surface area contributed by atoms with Gasteiger partial charge in [-0.2, -0.15) is 0 Å². The topological polar surface area (TPSA) is 67.9 Å². The van der Waals surface area contributed by atoms with Crippen LogP contribution >= 0.6 is 31.9 Å². The summed E-state index contributed by atoms with van der Waals surface area (Å²) in [5.74, 6) is 0.806. The zero-order valence-electron chi connectivity index (χ0n) is 16.7. The number of halogens is 2. The maximum absolute atomic E-state index is 12.5. The number of hydrogen-bond acceptors (Lipinski definition) is 4. The van der Waals surface area contributed by atoms with E-state index in [0.29, 0.717) is 47.7 Å². The Bertz CT molecular complexity index is 974. The number of hydrogen-bond donors (Lipinski definition) is 1. The van der Waals surface area contributed by atoms with Crippen LogP contribution in [0.25, 0.3) is 6.08 Å². The van der Waals surface area contributed by atoms with Crippen LogP contribution in [0, 0.1) is 0 Å². The largest absolute Gasteiger partial charge is 0.490 e. The molecule has 1 N–H and O–H groups in total. The van der Waals surface area contributed by atoms with Crippen molar-refractivity contribution < 1.29 is 19.1 Å². The molecule has 2 aromatic carbocycles. The zero-order chi connectivity index (χ0) is 21.7. The number of rotatable bonds is 8. The first-order valence-electron chi connectivity index (χ1n) is 9.61. The molecule has 1 aliphatic rings. The molecule has 2 aromatic rings. The average molecular weight is 538 g/mol. The van der Waals surface area contributed by atoms with Crippen molar-refractivity contribution in [2.75, 3.05) is 13.2 Å². The smallest absolute Gasteiger partial charge is 0.329 e. The summed E-state index contributed by atoms with van der Waals surface area (Å²) >= 11 is 6.96. The highest BCUT2D eigenvalue weighted by Crippen LogP contribution is 2.38. The molecule has 0 spiro atoms. The summed E-state index contributed by atoms with van der Waals surface area (Å²) in [5, 5.41) is 2.63. The number of benzene rings is 2. The molecule has 8 heteroatoms. The van der Waals surface area contributed by atoms with Crippen molar-refractivity contribution in [2.45, 2.75) is 26.9 Å². The minimum absolute atomic E-state index is 0.242. The Kier molecular flexibility index (Phi) is 7.55. The molecule has 0 saturated carbocycles. The Morgan fingerprint density at radius 2 is 1.80 bits per heavy atom. The summed E-state index contributed by atoms with van der Waals surface area (Å²) in [7, 11) is 0. The van der Waals surface area contributed by atoms with Crippen molar-refractivity contribution >= 4 is 49.9 Å². The number of nitrogens with zero attached hydrogens (tertiary/aromatic N) is 1. The maximum atomic E-state index is 12.5. The minimum Gasteiger partial charge on any atom is -0.490 e. The molecule has 0 aromatic heterocycles. The Labute approximate surface area is 192 Å². The molecule has 0 atom stereocenters. The molecular weight excluding hydrogens is 516 g/mol. The van der Waals surface area contributed by atoms with Gasteiger partial charge in [0, 0.05) is 11.0 Å². The standard InChI is InChI=1S/C22H22Br2N2O4/c1-3-9-26-21(27)18(25-22(26)28)11-15-10-17(24)20(19(12-15)29-4-2)30-13-14-5-7-16(23)8-6-14/h5-8,10-12H,3-4,9,13H2,1-2H3,(H,25,28)/b18-11+. The second-order valence-electron chi connectivity index (χ2n) is 6.62. The second kappa shape index (κ2) is 10.1. The van der Waals surface area contributed by atoms with Crippen LogP contribution in [0.3, 0.4) is 0 Å². The van der Waals surface area contributed by atoms with Crippen LogP contribution in [0.2, 0.25) is 0 Å². The van der Waals surface area contributed by atoms with Gasteiger partial charge in [0.1, 0.15) is 12.3 Å². The van der Waals surface area contributed by atoms with Gasteiger partial charge in [-0.15, -0.1) is 0 Å². The van der Waals surface area contributed by atoms with Crippen molar-refractivity contribution in [3.63, 3.8) is 0 Å². The van der Waals surface area contributed by atoms with Gasteiger partial charge in [-0.1, -0.05) is 35.0 Å². The second-order valence-corrected chi connectivity index (χ2v) is 8.39. The molecule has 158 valence electrons. The summed E-state index contributed by atoms with van der Waals surface area (Å²) in [6.07, 6.45) is 2.35.